The first-order valence-electron chi connectivity index (χ1n) is 4.05. The molecule has 0 fully saturated rings. The van der Waals surface area contributed by atoms with Crippen LogP contribution in [0.5, 0.6) is 0 Å². The van der Waals surface area contributed by atoms with E-state index >= 15 is 0 Å². The maximum absolute atomic E-state index is 11.4. The average molecular weight is 195 g/mol. The fraction of sp³-hybridized carbons (Fsp3) is 1.00. The monoisotopic (exact) mass is 195 g/mol. The number of sulfonamides is 1. The highest BCUT2D eigenvalue weighted by Crippen LogP contribution is 1.99. The molecule has 0 saturated heterocycles. The van der Waals surface area contributed by atoms with Crippen molar-refractivity contribution >= 4 is 10.0 Å². The molecule has 0 aromatic rings. The van der Waals surface area contributed by atoms with Crippen LogP contribution in [0.15, 0.2) is 0 Å². The standard InChI is InChI=1S/C7H17NO3S/c1-4-8(5-2)12(9,10)7-6-11-3/h4-7H2,1-3H3. The third-order valence-electron chi connectivity index (χ3n) is 1.64. The molecule has 0 saturated carbocycles. The summed E-state index contributed by atoms with van der Waals surface area (Å²) < 4.78 is 28.9. The predicted molar refractivity (Wildman–Crippen MR) is 48.6 cm³/mol. The average Bonchev–Trinajstić information content (AvgIpc) is 2.03. The topological polar surface area (TPSA) is 46.6 Å². The fourth-order valence-electron chi connectivity index (χ4n) is 0.935. The van der Waals surface area contributed by atoms with Gasteiger partial charge in [-0.05, 0) is 0 Å². The van der Waals surface area contributed by atoms with Crippen molar-refractivity contribution in [3.63, 3.8) is 0 Å². The van der Waals surface area contributed by atoms with Crippen LogP contribution in [0.2, 0.25) is 0 Å². The van der Waals surface area contributed by atoms with Gasteiger partial charge in [-0.2, -0.15) is 0 Å². The van der Waals surface area contributed by atoms with E-state index in [0.717, 1.165) is 0 Å². The van der Waals surface area contributed by atoms with Crippen LogP contribution in [0.3, 0.4) is 0 Å². The van der Waals surface area contributed by atoms with Crippen molar-refractivity contribution < 1.29 is 13.2 Å². The Labute approximate surface area is 74.6 Å². The van der Waals surface area contributed by atoms with Gasteiger partial charge in [-0.1, -0.05) is 13.8 Å². The Balaban J connectivity index is 4.17. The minimum Gasteiger partial charge on any atom is -0.384 e. The zero-order valence-corrected chi connectivity index (χ0v) is 8.73. The predicted octanol–water partition coefficient (Wildman–Crippen LogP) is 0.304. The van der Waals surface area contributed by atoms with Crippen LogP contribution in [-0.2, 0) is 14.8 Å². The van der Waals surface area contributed by atoms with E-state index in [1.165, 1.54) is 11.4 Å². The number of hydrogen-bond acceptors (Lipinski definition) is 3. The molecular formula is C7H17NO3S. The largest absolute Gasteiger partial charge is 0.384 e. The molecule has 0 spiro atoms. The normalized spacial score (nSPS) is 12.3. The van der Waals surface area contributed by atoms with Crippen LogP contribution < -0.4 is 0 Å². The van der Waals surface area contributed by atoms with Crippen LogP contribution in [-0.4, -0.2) is 45.3 Å². The second kappa shape index (κ2) is 5.50. The maximum Gasteiger partial charge on any atom is 0.216 e. The molecule has 0 heterocycles. The first-order chi connectivity index (χ1) is 5.58. The molecule has 0 bridgehead atoms. The van der Waals surface area contributed by atoms with Crippen LogP contribution in [0.1, 0.15) is 13.8 Å². The van der Waals surface area contributed by atoms with Gasteiger partial charge in [0.15, 0.2) is 0 Å². The Morgan fingerprint density at radius 3 is 2.08 bits per heavy atom. The van der Waals surface area contributed by atoms with Crippen molar-refractivity contribution in [2.45, 2.75) is 13.8 Å². The summed E-state index contributed by atoms with van der Waals surface area (Å²) >= 11 is 0. The number of nitrogens with zero attached hydrogens (tertiary/aromatic N) is 1. The Bertz CT molecular complexity index is 197. The summed E-state index contributed by atoms with van der Waals surface area (Å²) in [7, 11) is -1.58. The van der Waals surface area contributed by atoms with E-state index < -0.39 is 10.0 Å². The van der Waals surface area contributed by atoms with Crippen LogP contribution in [0.4, 0.5) is 0 Å². The molecule has 0 radical (unpaired) electrons. The van der Waals surface area contributed by atoms with Crippen LogP contribution in [0.25, 0.3) is 0 Å². The van der Waals surface area contributed by atoms with Crippen molar-refractivity contribution in [2.75, 3.05) is 32.6 Å². The van der Waals surface area contributed by atoms with Crippen molar-refractivity contribution in [1.82, 2.24) is 4.31 Å². The van der Waals surface area contributed by atoms with Gasteiger partial charge in [-0.3, -0.25) is 0 Å². The molecule has 0 aliphatic heterocycles. The Morgan fingerprint density at radius 1 is 1.25 bits per heavy atom. The lowest BCUT2D eigenvalue weighted by molar-refractivity contribution is 0.215. The van der Waals surface area contributed by atoms with Crippen LogP contribution >= 0.6 is 0 Å². The summed E-state index contributed by atoms with van der Waals surface area (Å²) in [5.74, 6) is 0.0746. The summed E-state index contributed by atoms with van der Waals surface area (Å²) in [5, 5.41) is 0. The molecule has 0 atom stereocenters. The Hall–Kier alpha value is -0.130. The Kier molecular flexibility index (Phi) is 5.44. The molecule has 0 N–H and O–H groups in total. The molecule has 74 valence electrons. The third-order valence-corrected chi connectivity index (χ3v) is 3.63. The van der Waals surface area contributed by atoms with E-state index in [1.54, 1.807) is 0 Å². The molecule has 0 rings (SSSR count). The Morgan fingerprint density at radius 2 is 1.75 bits per heavy atom. The van der Waals surface area contributed by atoms with Crippen molar-refractivity contribution in [3.8, 4) is 0 Å². The van der Waals surface area contributed by atoms with Gasteiger partial charge in [0.1, 0.15) is 0 Å². The lowest BCUT2D eigenvalue weighted by Crippen LogP contribution is -2.33. The molecular weight excluding hydrogens is 178 g/mol. The second-order valence-electron chi connectivity index (χ2n) is 2.39. The van der Waals surface area contributed by atoms with Crippen molar-refractivity contribution in [3.05, 3.63) is 0 Å². The molecule has 0 aromatic heterocycles. The minimum absolute atomic E-state index is 0.0746. The molecule has 0 amide bonds. The highest BCUT2D eigenvalue weighted by Gasteiger charge is 2.17. The van der Waals surface area contributed by atoms with E-state index in [4.69, 9.17) is 4.74 Å². The molecule has 4 nitrogen and oxygen atoms in total. The molecule has 0 unspecified atom stereocenters. The summed E-state index contributed by atoms with van der Waals surface area (Å²) in [5.41, 5.74) is 0. The van der Waals surface area contributed by atoms with Gasteiger partial charge >= 0.3 is 0 Å². The van der Waals surface area contributed by atoms with Crippen LogP contribution in [0, 0.1) is 0 Å². The molecule has 0 aliphatic carbocycles. The highest BCUT2D eigenvalue weighted by atomic mass is 32.2. The van der Waals surface area contributed by atoms with Crippen molar-refractivity contribution in [2.24, 2.45) is 0 Å². The number of hydrogen-bond donors (Lipinski definition) is 0. The first-order valence-corrected chi connectivity index (χ1v) is 5.66. The van der Waals surface area contributed by atoms with Crippen molar-refractivity contribution in [1.29, 1.82) is 0 Å². The highest BCUT2D eigenvalue weighted by molar-refractivity contribution is 7.89. The molecule has 0 aliphatic rings. The summed E-state index contributed by atoms with van der Waals surface area (Å²) in [6, 6.07) is 0. The summed E-state index contributed by atoms with van der Waals surface area (Å²) in [6.07, 6.45) is 0. The third kappa shape index (κ3) is 3.51. The fourth-order valence-corrected chi connectivity index (χ4v) is 2.36. The zero-order chi connectivity index (χ0) is 9.61. The minimum atomic E-state index is -3.08. The van der Waals surface area contributed by atoms with Gasteiger partial charge in [-0.15, -0.1) is 0 Å². The number of ether oxygens (including phenoxy) is 1. The van der Waals surface area contributed by atoms with E-state index in [0.29, 0.717) is 13.1 Å². The zero-order valence-electron chi connectivity index (χ0n) is 7.91. The van der Waals surface area contributed by atoms with E-state index in [2.05, 4.69) is 0 Å². The lowest BCUT2D eigenvalue weighted by Gasteiger charge is -2.17. The smallest absolute Gasteiger partial charge is 0.216 e. The van der Waals surface area contributed by atoms with E-state index in [-0.39, 0.29) is 12.4 Å². The summed E-state index contributed by atoms with van der Waals surface area (Å²) in [4.78, 5) is 0. The number of methoxy groups -OCH3 is 1. The quantitative estimate of drug-likeness (QED) is 0.612. The molecule has 12 heavy (non-hydrogen) atoms. The first kappa shape index (κ1) is 11.9. The van der Waals surface area contributed by atoms with Gasteiger partial charge in [0.25, 0.3) is 0 Å². The number of rotatable bonds is 6. The van der Waals surface area contributed by atoms with Gasteiger partial charge in [0.05, 0.1) is 12.4 Å². The van der Waals surface area contributed by atoms with Gasteiger partial charge < -0.3 is 4.74 Å². The second-order valence-corrected chi connectivity index (χ2v) is 4.48. The maximum atomic E-state index is 11.4. The SMILES string of the molecule is CCN(CC)S(=O)(=O)CCOC. The van der Waals surface area contributed by atoms with Gasteiger partial charge in [-0.25, -0.2) is 12.7 Å². The van der Waals surface area contributed by atoms with E-state index in [9.17, 15) is 8.42 Å². The molecule has 5 heteroatoms. The lowest BCUT2D eigenvalue weighted by atomic mass is 10.7. The van der Waals surface area contributed by atoms with Gasteiger partial charge in [0.2, 0.25) is 10.0 Å². The summed E-state index contributed by atoms with van der Waals surface area (Å²) in [6.45, 7) is 4.98. The van der Waals surface area contributed by atoms with Gasteiger partial charge in [0, 0.05) is 20.2 Å². The molecule has 0 aromatic carbocycles. The van der Waals surface area contributed by atoms with E-state index in [1.807, 2.05) is 13.8 Å².